The Kier molecular flexibility index (Phi) is 5.54. The van der Waals surface area contributed by atoms with E-state index in [1.54, 1.807) is 11.3 Å². The third kappa shape index (κ3) is 3.79. The number of pyridine rings is 1. The molecule has 2 aromatic heterocycles. The Morgan fingerprint density at radius 1 is 1.35 bits per heavy atom. The van der Waals surface area contributed by atoms with Gasteiger partial charge in [0.25, 0.3) is 0 Å². The second kappa shape index (κ2) is 7.18. The summed E-state index contributed by atoms with van der Waals surface area (Å²) in [6, 6.07) is 10.3. The maximum atomic E-state index is 6.04. The predicted octanol–water partition coefficient (Wildman–Crippen LogP) is 3.63. The quantitative estimate of drug-likeness (QED) is 0.886. The number of rotatable bonds is 6. The summed E-state index contributed by atoms with van der Waals surface area (Å²) in [5.41, 5.74) is 8.10. The van der Waals surface area contributed by atoms with Crippen LogP contribution in [0.4, 0.5) is 0 Å². The summed E-state index contributed by atoms with van der Waals surface area (Å²) in [5, 5.41) is 0. The Balaban J connectivity index is 2.17. The topological polar surface area (TPSA) is 42.2 Å². The maximum Gasteiger partial charge on any atom is 0.0931 e. The first-order valence-electron chi connectivity index (χ1n) is 6.76. The van der Waals surface area contributed by atoms with Crippen molar-refractivity contribution in [2.45, 2.75) is 26.4 Å². The average molecular weight is 310 g/mol. The van der Waals surface area contributed by atoms with Crippen molar-refractivity contribution in [3.05, 3.63) is 50.9 Å². The van der Waals surface area contributed by atoms with E-state index in [1.807, 2.05) is 25.1 Å². The fourth-order valence-corrected chi connectivity index (χ4v) is 3.50. The van der Waals surface area contributed by atoms with Crippen LogP contribution in [0.1, 0.15) is 29.2 Å². The zero-order valence-corrected chi connectivity index (χ0v) is 13.4. The van der Waals surface area contributed by atoms with Crippen molar-refractivity contribution in [2.75, 3.05) is 13.1 Å². The van der Waals surface area contributed by atoms with Crippen LogP contribution < -0.4 is 5.73 Å². The van der Waals surface area contributed by atoms with Gasteiger partial charge in [-0.1, -0.05) is 24.6 Å². The van der Waals surface area contributed by atoms with E-state index in [0.29, 0.717) is 6.54 Å². The van der Waals surface area contributed by atoms with E-state index >= 15 is 0 Å². The third-order valence-corrected chi connectivity index (χ3v) is 4.64. The number of aryl methyl sites for hydroxylation is 1. The van der Waals surface area contributed by atoms with Gasteiger partial charge in [-0.05, 0) is 37.7 Å². The van der Waals surface area contributed by atoms with Crippen molar-refractivity contribution in [1.82, 2.24) is 9.88 Å². The minimum atomic E-state index is 0.194. The lowest BCUT2D eigenvalue weighted by molar-refractivity contribution is 0.204. The van der Waals surface area contributed by atoms with Gasteiger partial charge in [-0.25, -0.2) is 0 Å². The van der Waals surface area contributed by atoms with Crippen molar-refractivity contribution < 1.29 is 0 Å². The first-order valence-corrected chi connectivity index (χ1v) is 7.95. The predicted molar refractivity (Wildman–Crippen MR) is 86.2 cm³/mol. The molecule has 0 aliphatic rings. The van der Waals surface area contributed by atoms with E-state index in [2.05, 4.69) is 28.9 Å². The molecule has 20 heavy (non-hydrogen) atoms. The molecule has 2 heterocycles. The van der Waals surface area contributed by atoms with E-state index < -0.39 is 0 Å². The number of thiophene rings is 1. The second-order valence-electron chi connectivity index (χ2n) is 4.73. The number of hydrogen-bond acceptors (Lipinski definition) is 4. The number of hydrogen-bond donors (Lipinski definition) is 1. The summed E-state index contributed by atoms with van der Waals surface area (Å²) in [6.07, 6.45) is 0. The van der Waals surface area contributed by atoms with Crippen molar-refractivity contribution in [3.63, 3.8) is 0 Å². The van der Waals surface area contributed by atoms with Crippen molar-refractivity contribution in [1.29, 1.82) is 0 Å². The van der Waals surface area contributed by atoms with Gasteiger partial charge in [-0.15, -0.1) is 11.3 Å². The van der Waals surface area contributed by atoms with Gasteiger partial charge in [0.05, 0.1) is 16.1 Å². The van der Waals surface area contributed by atoms with Gasteiger partial charge in [0.1, 0.15) is 0 Å². The molecule has 2 aromatic rings. The summed E-state index contributed by atoms with van der Waals surface area (Å²) < 4.78 is 0.809. The monoisotopic (exact) mass is 309 g/mol. The Hall–Kier alpha value is -0.940. The minimum absolute atomic E-state index is 0.194. The fourth-order valence-electron chi connectivity index (χ4n) is 2.29. The van der Waals surface area contributed by atoms with Crippen molar-refractivity contribution >= 4 is 22.9 Å². The van der Waals surface area contributed by atoms with Crippen LogP contribution in [0.15, 0.2) is 30.3 Å². The fraction of sp³-hybridized carbons (Fsp3) is 0.400. The smallest absolute Gasteiger partial charge is 0.0931 e. The van der Waals surface area contributed by atoms with Crippen molar-refractivity contribution in [3.8, 4) is 0 Å². The third-order valence-electron chi connectivity index (χ3n) is 3.30. The highest BCUT2D eigenvalue weighted by atomic mass is 35.5. The molecule has 2 N–H and O–H groups in total. The standard InChI is InChI=1S/C15H20ClN3S/c1-3-19(10-12-6-4-5-11(2)18-12)13(9-17)14-7-8-15(16)20-14/h4-8,13H,3,9-10,17H2,1-2H3. The summed E-state index contributed by atoms with van der Waals surface area (Å²) in [7, 11) is 0. The van der Waals surface area contributed by atoms with Gasteiger partial charge >= 0.3 is 0 Å². The number of nitrogens with two attached hydrogens (primary N) is 1. The molecule has 0 saturated heterocycles. The zero-order chi connectivity index (χ0) is 14.5. The van der Waals surface area contributed by atoms with Gasteiger partial charge in [0.2, 0.25) is 0 Å². The molecular weight excluding hydrogens is 290 g/mol. The van der Waals surface area contributed by atoms with Gasteiger partial charge in [0, 0.05) is 23.7 Å². The van der Waals surface area contributed by atoms with Crippen LogP contribution in [0, 0.1) is 6.92 Å². The lowest BCUT2D eigenvalue weighted by atomic mass is 10.2. The zero-order valence-electron chi connectivity index (χ0n) is 11.8. The Morgan fingerprint density at radius 3 is 2.70 bits per heavy atom. The Labute approximate surface area is 129 Å². The molecule has 0 spiro atoms. The number of halogens is 1. The van der Waals surface area contributed by atoms with E-state index in [1.165, 1.54) is 4.88 Å². The highest BCUT2D eigenvalue weighted by molar-refractivity contribution is 7.16. The van der Waals surface area contributed by atoms with E-state index in [9.17, 15) is 0 Å². The normalized spacial score (nSPS) is 12.8. The number of nitrogens with zero attached hydrogens (tertiary/aromatic N) is 2. The minimum Gasteiger partial charge on any atom is -0.329 e. The maximum absolute atomic E-state index is 6.04. The highest BCUT2D eigenvalue weighted by Gasteiger charge is 2.20. The Bertz CT molecular complexity index is 556. The van der Waals surface area contributed by atoms with E-state index in [-0.39, 0.29) is 6.04 Å². The van der Waals surface area contributed by atoms with Gasteiger partial charge in [0.15, 0.2) is 0 Å². The highest BCUT2D eigenvalue weighted by Crippen LogP contribution is 2.30. The molecule has 0 amide bonds. The summed E-state index contributed by atoms with van der Waals surface area (Å²) in [4.78, 5) is 8.12. The van der Waals surface area contributed by atoms with E-state index in [4.69, 9.17) is 17.3 Å². The molecule has 0 saturated carbocycles. The van der Waals surface area contributed by atoms with Crippen LogP contribution in [0.5, 0.6) is 0 Å². The van der Waals surface area contributed by atoms with Gasteiger partial charge in [-0.2, -0.15) is 0 Å². The molecular formula is C15H20ClN3S. The molecule has 0 radical (unpaired) electrons. The van der Waals surface area contributed by atoms with E-state index in [0.717, 1.165) is 28.8 Å². The summed E-state index contributed by atoms with van der Waals surface area (Å²) >= 11 is 7.64. The van der Waals surface area contributed by atoms with Crippen molar-refractivity contribution in [2.24, 2.45) is 5.73 Å². The Morgan fingerprint density at radius 2 is 2.15 bits per heavy atom. The molecule has 1 unspecified atom stereocenters. The molecule has 0 aliphatic carbocycles. The van der Waals surface area contributed by atoms with Crippen LogP contribution in [0.25, 0.3) is 0 Å². The van der Waals surface area contributed by atoms with Crippen LogP contribution in [0.2, 0.25) is 4.34 Å². The lowest BCUT2D eigenvalue weighted by Gasteiger charge is -2.28. The van der Waals surface area contributed by atoms with Gasteiger partial charge in [-0.3, -0.25) is 9.88 Å². The molecule has 0 aromatic carbocycles. The van der Waals surface area contributed by atoms with Crippen LogP contribution in [0.3, 0.4) is 0 Å². The first kappa shape index (κ1) is 15.4. The average Bonchev–Trinajstić information content (AvgIpc) is 2.85. The molecule has 3 nitrogen and oxygen atoms in total. The molecule has 108 valence electrons. The van der Waals surface area contributed by atoms with Crippen LogP contribution in [-0.4, -0.2) is 23.0 Å². The first-order chi connectivity index (χ1) is 9.63. The molecule has 0 bridgehead atoms. The number of aromatic nitrogens is 1. The summed E-state index contributed by atoms with van der Waals surface area (Å²) in [5.74, 6) is 0. The second-order valence-corrected chi connectivity index (χ2v) is 6.47. The summed E-state index contributed by atoms with van der Waals surface area (Å²) in [6.45, 7) is 6.46. The SMILES string of the molecule is CCN(Cc1cccc(C)n1)C(CN)c1ccc(Cl)s1. The van der Waals surface area contributed by atoms with Crippen LogP contribution >= 0.6 is 22.9 Å². The molecule has 2 rings (SSSR count). The largest absolute Gasteiger partial charge is 0.329 e. The lowest BCUT2D eigenvalue weighted by Crippen LogP contribution is -2.33. The molecule has 1 atom stereocenters. The molecule has 0 fully saturated rings. The molecule has 0 aliphatic heterocycles. The number of likely N-dealkylation sites (N-methyl/N-ethyl adjacent to an activating group) is 1. The van der Waals surface area contributed by atoms with Crippen LogP contribution in [-0.2, 0) is 6.54 Å². The van der Waals surface area contributed by atoms with Gasteiger partial charge < -0.3 is 5.73 Å². The molecule has 5 heteroatoms.